The number of rotatable bonds is 7. The molecule has 0 unspecified atom stereocenters. The summed E-state index contributed by atoms with van der Waals surface area (Å²) in [7, 11) is 0. The van der Waals surface area contributed by atoms with E-state index in [0.717, 1.165) is 12.8 Å². The lowest BCUT2D eigenvalue weighted by Crippen LogP contribution is -2.46. The molecular formula is C11H22N2O3. The second-order valence-electron chi connectivity index (χ2n) is 3.84. The molecule has 0 saturated carbocycles. The largest absolute Gasteiger partial charge is 0.480 e. The van der Waals surface area contributed by atoms with Crippen LogP contribution in [0.3, 0.4) is 0 Å². The van der Waals surface area contributed by atoms with Crippen molar-refractivity contribution in [3.05, 3.63) is 0 Å². The van der Waals surface area contributed by atoms with Crippen molar-refractivity contribution in [2.24, 2.45) is 5.92 Å². The van der Waals surface area contributed by atoms with E-state index < -0.39 is 18.0 Å². The standard InChI is InChI=1S/C11H22N2O3/c1-4-8(5-2)7-12-11(16)13-9(6-3)10(14)15/h8-9H,4-7H2,1-3H3,(H,14,15)(H2,12,13,16)/t9-/m0/s1. The van der Waals surface area contributed by atoms with Crippen LogP contribution >= 0.6 is 0 Å². The minimum Gasteiger partial charge on any atom is -0.480 e. The SMILES string of the molecule is CCC(CC)CNC(=O)N[C@@H](CC)C(=O)O. The molecule has 0 aliphatic carbocycles. The fourth-order valence-electron chi connectivity index (χ4n) is 1.36. The van der Waals surface area contributed by atoms with Crippen LogP contribution in [0.4, 0.5) is 4.79 Å². The number of carboxylic acids is 1. The summed E-state index contributed by atoms with van der Waals surface area (Å²) in [5, 5.41) is 13.9. The number of hydrogen-bond acceptors (Lipinski definition) is 2. The molecule has 0 fully saturated rings. The molecule has 0 bridgehead atoms. The third kappa shape index (κ3) is 5.58. The second-order valence-corrected chi connectivity index (χ2v) is 3.84. The lowest BCUT2D eigenvalue weighted by molar-refractivity contribution is -0.139. The van der Waals surface area contributed by atoms with E-state index in [4.69, 9.17) is 5.11 Å². The van der Waals surface area contributed by atoms with Crippen LogP contribution in [0.25, 0.3) is 0 Å². The van der Waals surface area contributed by atoms with Gasteiger partial charge in [-0.2, -0.15) is 0 Å². The normalized spacial score (nSPS) is 12.2. The first-order chi connectivity index (χ1) is 7.54. The van der Waals surface area contributed by atoms with Gasteiger partial charge >= 0.3 is 12.0 Å². The highest BCUT2D eigenvalue weighted by atomic mass is 16.4. The van der Waals surface area contributed by atoms with Crippen molar-refractivity contribution in [1.82, 2.24) is 10.6 Å². The summed E-state index contributed by atoms with van der Waals surface area (Å²) in [6, 6.07) is -1.21. The van der Waals surface area contributed by atoms with Gasteiger partial charge in [-0.1, -0.05) is 33.6 Å². The Bertz CT molecular complexity index is 227. The summed E-state index contributed by atoms with van der Waals surface area (Å²) in [4.78, 5) is 22.0. The van der Waals surface area contributed by atoms with Gasteiger partial charge in [-0.05, 0) is 12.3 Å². The first kappa shape index (κ1) is 14.7. The van der Waals surface area contributed by atoms with Crippen LogP contribution in [0.2, 0.25) is 0 Å². The second kappa shape index (κ2) is 7.96. The molecule has 1 atom stereocenters. The number of carbonyl (C=O) groups excluding carboxylic acids is 1. The maximum atomic E-state index is 11.4. The quantitative estimate of drug-likeness (QED) is 0.621. The molecule has 2 amide bonds. The lowest BCUT2D eigenvalue weighted by atomic mass is 10.0. The Kier molecular flexibility index (Phi) is 7.33. The molecule has 0 aliphatic rings. The van der Waals surface area contributed by atoms with Crippen molar-refractivity contribution in [3.63, 3.8) is 0 Å². The molecule has 5 heteroatoms. The van der Waals surface area contributed by atoms with E-state index in [1.54, 1.807) is 6.92 Å². The van der Waals surface area contributed by atoms with Gasteiger partial charge in [0.15, 0.2) is 0 Å². The highest BCUT2D eigenvalue weighted by Gasteiger charge is 2.17. The molecule has 0 aromatic heterocycles. The van der Waals surface area contributed by atoms with Gasteiger partial charge < -0.3 is 15.7 Å². The zero-order valence-electron chi connectivity index (χ0n) is 10.2. The summed E-state index contributed by atoms with van der Waals surface area (Å²) < 4.78 is 0. The molecule has 0 heterocycles. The Hall–Kier alpha value is -1.26. The molecule has 16 heavy (non-hydrogen) atoms. The van der Waals surface area contributed by atoms with Gasteiger partial charge in [0, 0.05) is 6.54 Å². The van der Waals surface area contributed by atoms with Gasteiger partial charge in [0.05, 0.1) is 0 Å². The van der Waals surface area contributed by atoms with Crippen molar-refractivity contribution < 1.29 is 14.7 Å². The molecule has 94 valence electrons. The Morgan fingerprint density at radius 1 is 1.12 bits per heavy atom. The minimum atomic E-state index is -1.000. The number of hydrogen-bond donors (Lipinski definition) is 3. The van der Waals surface area contributed by atoms with Crippen molar-refractivity contribution in [3.8, 4) is 0 Å². The highest BCUT2D eigenvalue weighted by Crippen LogP contribution is 2.04. The van der Waals surface area contributed by atoms with Gasteiger partial charge in [-0.15, -0.1) is 0 Å². The van der Waals surface area contributed by atoms with Gasteiger partial charge in [-0.3, -0.25) is 0 Å². The topological polar surface area (TPSA) is 78.4 Å². The van der Waals surface area contributed by atoms with Crippen molar-refractivity contribution in [2.45, 2.75) is 46.1 Å². The molecule has 5 nitrogen and oxygen atoms in total. The average molecular weight is 230 g/mol. The predicted octanol–water partition coefficient (Wildman–Crippen LogP) is 1.58. The lowest BCUT2D eigenvalue weighted by Gasteiger charge is -2.16. The Morgan fingerprint density at radius 2 is 1.69 bits per heavy atom. The monoisotopic (exact) mass is 230 g/mol. The summed E-state index contributed by atoms with van der Waals surface area (Å²) in [6.45, 7) is 6.45. The van der Waals surface area contributed by atoms with Crippen LogP contribution in [0, 0.1) is 5.92 Å². The molecule has 3 N–H and O–H groups in total. The van der Waals surface area contributed by atoms with Crippen molar-refractivity contribution in [2.75, 3.05) is 6.54 Å². The van der Waals surface area contributed by atoms with E-state index in [2.05, 4.69) is 24.5 Å². The number of aliphatic carboxylic acids is 1. The van der Waals surface area contributed by atoms with Crippen molar-refractivity contribution >= 4 is 12.0 Å². The number of carbonyl (C=O) groups is 2. The van der Waals surface area contributed by atoms with Crippen molar-refractivity contribution in [1.29, 1.82) is 0 Å². The number of nitrogens with one attached hydrogen (secondary N) is 2. The summed E-state index contributed by atoms with van der Waals surface area (Å²) in [5.41, 5.74) is 0. The van der Waals surface area contributed by atoms with E-state index in [0.29, 0.717) is 18.9 Å². The summed E-state index contributed by atoms with van der Waals surface area (Å²) >= 11 is 0. The maximum absolute atomic E-state index is 11.4. The minimum absolute atomic E-state index is 0.383. The first-order valence-corrected chi connectivity index (χ1v) is 5.82. The molecule has 0 radical (unpaired) electrons. The zero-order chi connectivity index (χ0) is 12.6. The molecule has 0 aromatic rings. The van der Waals surface area contributed by atoms with E-state index in [1.807, 2.05) is 0 Å². The van der Waals surface area contributed by atoms with Crippen LogP contribution < -0.4 is 10.6 Å². The molecular weight excluding hydrogens is 208 g/mol. The average Bonchev–Trinajstić information content (AvgIpc) is 2.26. The maximum Gasteiger partial charge on any atom is 0.326 e. The van der Waals surface area contributed by atoms with Crippen LogP contribution in [-0.2, 0) is 4.79 Å². The summed E-state index contributed by atoms with van der Waals surface area (Å²) in [6.07, 6.45) is 2.40. The molecule has 0 saturated heterocycles. The van der Waals surface area contributed by atoms with Crippen LogP contribution in [0.5, 0.6) is 0 Å². The molecule has 0 aromatic carbocycles. The van der Waals surface area contributed by atoms with Gasteiger partial charge in [-0.25, -0.2) is 9.59 Å². The first-order valence-electron chi connectivity index (χ1n) is 5.82. The summed E-state index contributed by atoms with van der Waals surface area (Å²) in [5.74, 6) is -0.546. The van der Waals surface area contributed by atoms with Crippen LogP contribution in [-0.4, -0.2) is 29.7 Å². The fourth-order valence-corrected chi connectivity index (χ4v) is 1.36. The Labute approximate surface area is 96.6 Å². The Balaban J connectivity index is 3.93. The third-order valence-corrected chi connectivity index (χ3v) is 2.72. The fraction of sp³-hybridized carbons (Fsp3) is 0.818. The smallest absolute Gasteiger partial charge is 0.326 e. The predicted molar refractivity (Wildman–Crippen MR) is 62.3 cm³/mol. The highest BCUT2D eigenvalue weighted by molar-refractivity contribution is 5.82. The van der Waals surface area contributed by atoms with E-state index in [-0.39, 0.29) is 0 Å². The molecule has 0 rings (SSSR count). The molecule has 0 spiro atoms. The molecule has 0 aliphatic heterocycles. The van der Waals surface area contributed by atoms with Gasteiger partial charge in [0.2, 0.25) is 0 Å². The van der Waals surface area contributed by atoms with E-state index in [9.17, 15) is 9.59 Å². The Morgan fingerprint density at radius 3 is 2.06 bits per heavy atom. The van der Waals surface area contributed by atoms with Gasteiger partial charge in [0.25, 0.3) is 0 Å². The van der Waals surface area contributed by atoms with E-state index >= 15 is 0 Å². The van der Waals surface area contributed by atoms with Crippen LogP contribution in [0.15, 0.2) is 0 Å². The number of amides is 2. The third-order valence-electron chi connectivity index (χ3n) is 2.72. The van der Waals surface area contributed by atoms with Gasteiger partial charge in [0.1, 0.15) is 6.04 Å². The van der Waals surface area contributed by atoms with Crippen LogP contribution in [0.1, 0.15) is 40.0 Å². The zero-order valence-corrected chi connectivity index (χ0v) is 10.2. The van der Waals surface area contributed by atoms with E-state index in [1.165, 1.54) is 0 Å². The number of urea groups is 1. The number of carboxylic acid groups (broad SMARTS) is 1.